The molecule has 0 saturated carbocycles. The molecule has 1 aromatic carbocycles. The number of ketones is 1. The molecular weight excluding hydrogens is 240 g/mol. The highest BCUT2D eigenvalue weighted by Crippen LogP contribution is 2.08. The Kier molecular flexibility index (Phi) is 4.68. The Morgan fingerprint density at radius 3 is 2.37 bits per heavy atom. The molecule has 1 amide bonds. The van der Waals surface area contributed by atoms with Gasteiger partial charge >= 0.3 is 0 Å². The molecule has 0 spiro atoms. The van der Waals surface area contributed by atoms with Crippen molar-refractivity contribution in [1.82, 2.24) is 9.80 Å². The van der Waals surface area contributed by atoms with E-state index in [0.29, 0.717) is 12.1 Å². The Balaban J connectivity index is 1.82. The summed E-state index contributed by atoms with van der Waals surface area (Å²) in [6.45, 7) is 2.32. The van der Waals surface area contributed by atoms with Gasteiger partial charge in [0.15, 0.2) is 5.78 Å². The number of likely N-dealkylation sites (N-methyl/N-ethyl adjacent to an activating group) is 1. The quantitative estimate of drug-likeness (QED) is 0.752. The zero-order chi connectivity index (χ0) is 13.7. The smallest absolute Gasteiger partial charge is 0.236 e. The number of carbonyl (C=O) groups excluding carboxylic acids is 2. The van der Waals surface area contributed by atoms with E-state index < -0.39 is 0 Å². The summed E-state index contributed by atoms with van der Waals surface area (Å²) in [7, 11) is 1.81. The van der Waals surface area contributed by atoms with Crippen LogP contribution in [0.15, 0.2) is 30.3 Å². The fourth-order valence-corrected chi connectivity index (χ4v) is 2.31. The molecule has 102 valence electrons. The number of amides is 1. The molecule has 1 fully saturated rings. The van der Waals surface area contributed by atoms with Gasteiger partial charge in [0, 0.05) is 18.7 Å². The van der Waals surface area contributed by atoms with Crippen molar-refractivity contribution in [3.05, 3.63) is 35.9 Å². The van der Waals surface area contributed by atoms with Gasteiger partial charge in [0.05, 0.1) is 13.1 Å². The van der Waals surface area contributed by atoms with Crippen molar-refractivity contribution in [1.29, 1.82) is 0 Å². The third kappa shape index (κ3) is 3.89. The minimum absolute atomic E-state index is 0.0531. The highest BCUT2D eigenvalue weighted by Gasteiger charge is 2.20. The highest BCUT2D eigenvalue weighted by molar-refractivity contribution is 5.97. The zero-order valence-electron chi connectivity index (χ0n) is 11.3. The summed E-state index contributed by atoms with van der Waals surface area (Å²) in [5.74, 6) is 0.179. The summed E-state index contributed by atoms with van der Waals surface area (Å²) in [4.78, 5) is 27.6. The van der Waals surface area contributed by atoms with Crippen LogP contribution in [-0.4, -0.2) is 54.7 Å². The van der Waals surface area contributed by atoms with E-state index in [2.05, 4.69) is 0 Å². The zero-order valence-corrected chi connectivity index (χ0v) is 11.3. The van der Waals surface area contributed by atoms with E-state index in [4.69, 9.17) is 0 Å². The molecular formula is C15H20N2O2. The van der Waals surface area contributed by atoms with E-state index in [1.807, 2.05) is 30.1 Å². The minimum atomic E-state index is 0.0531. The molecule has 1 heterocycles. The Morgan fingerprint density at radius 1 is 1.11 bits per heavy atom. The largest absolute Gasteiger partial charge is 0.342 e. The number of carbonyl (C=O) groups is 2. The molecule has 0 radical (unpaired) electrons. The van der Waals surface area contributed by atoms with Crippen molar-refractivity contribution < 1.29 is 9.59 Å². The first-order valence-electron chi connectivity index (χ1n) is 6.71. The van der Waals surface area contributed by atoms with Crippen molar-refractivity contribution >= 4 is 11.7 Å². The van der Waals surface area contributed by atoms with E-state index in [0.717, 1.165) is 25.9 Å². The molecule has 0 bridgehead atoms. The average Bonchev–Trinajstić information content (AvgIpc) is 2.93. The van der Waals surface area contributed by atoms with Crippen molar-refractivity contribution in [3.8, 4) is 0 Å². The molecule has 0 aromatic heterocycles. The Morgan fingerprint density at radius 2 is 1.74 bits per heavy atom. The first kappa shape index (κ1) is 13.7. The number of benzene rings is 1. The molecule has 4 nitrogen and oxygen atoms in total. The van der Waals surface area contributed by atoms with Crippen LogP contribution in [0.4, 0.5) is 0 Å². The van der Waals surface area contributed by atoms with Crippen molar-refractivity contribution in [2.45, 2.75) is 12.8 Å². The topological polar surface area (TPSA) is 40.6 Å². The first-order valence-corrected chi connectivity index (χ1v) is 6.71. The van der Waals surface area contributed by atoms with Crippen LogP contribution in [0.2, 0.25) is 0 Å². The lowest BCUT2D eigenvalue weighted by atomic mass is 10.1. The van der Waals surface area contributed by atoms with Crippen LogP contribution in [-0.2, 0) is 4.79 Å². The number of nitrogens with zero attached hydrogens (tertiary/aromatic N) is 2. The molecule has 0 N–H and O–H groups in total. The van der Waals surface area contributed by atoms with Gasteiger partial charge in [0.25, 0.3) is 0 Å². The SMILES string of the molecule is CN(CC(=O)c1ccccc1)CC(=O)N1CCCC1. The van der Waals surface area contributed by atoms with Crippen molar-refractivity contribution in [2.24, 2.45) is 0 Å². The number of Topliss-reactive ketones (excluding diaryl/α,β-unsaturated/α-hetero) is 1. The first-order chi connectivity index (χ1) is 9.16. The van der Waals surface area contributed by atoms with Crippen molar-refractivity contribution in [3.63, 3.8) is 0 Å². The number of hydrogen-bond acceptors (Lipinski definition) is 3. The van der Waals surface area contributed by atoms with Crippen LogP contribution in [0, 0.1) is 0 Å². The second-order valence-corrected chi connectivity index (χ2v) is 5.05. The highest BCUT2D eigenvalue weighted by atomic mass is 16.2. The van der Waals surface area contributed by atoms with E-state index in [-0.39, 0.29) is 18.2 Å². The third-order valence-corrected chi connectivity index (χ3v) is 3.37. The van der Waals surface area contributed by atoms with Gasteiger partial charge in [-0.25, -0.2) is 0 Å². The van der Waals surface area contributed by atoms with Gasteiger partial charge in [-0.1, -0.05) is 30.3 Å². The van der Waals surface area contributed by atoms with E-state index in [1.54, 1.807) is 17.0 Å². The van der Waals surface area contributed by atoms with Gasteiger partial charge in [-0.15, -0.1) is 0 Å². The molecule has 1 saturated heterocycles. The Hall–Kier alpha value is -1.68. The fraction of sp³-hybridized carbons (Fsp3) is 0.467. The molecule has 1 aliphatic heterocycles. The van der Waals surface area contributed by atoms with Crippen LogP contribution in [0.5, 0.6) is 0 Å². The molecule has 0 aliphatic carbocycles. The molecule has 4 heteroatoms. The lowest BCUT2D eigenvalue weighted by molar-refractivity contribution is -0.130. The second kappa shape index (κ2) is 6.48. The second-order valence-electron chi connectivity index (χ2n) is 5.05. The number of hydrogen-bond donors (Lipinski definition) is 0. The van der Waals surface area contributed by atoms with Gasteiger partial charge in [0.1, 0.15) is 0 Å². The monoisotopic (exact) mass is 260 g/mol. The lowest BCUT2D eigenvalue weighted by Gasteiger charge is -2.20. The van der Waals surface area contributed by atoms with Crippen LogP contribution >= 0.6 is 0 Å². The van der Waals surface area contributed by atoms with E-state index in [9.17, 15) is 9.59 Å². The number of likely N-dealkylation sites (tertiary alicyclic amines) is 1. The van der Waals surface area contributed by atoms with Gasteiger partial charge < -0.3 is 4.90 Å². The van der Waals surface area contributed by atoms with Gasteiger partial charge in [-0.05, 0) is 19.9 Å². The molecule has 0 unspecified atom stereocenters. The van der Waals surface area contributed by atoms with Crippen LogP contribution in [0.1, 0.15) is 23.2 Å². The van der Waals surface area contributed by atoms with Crippen molar-refractivity contribution in [2.75, 3.05) is 33.2 Å². The normalized spacial score (nSPS) is 14.9. The molecule has 1 aliphatic rings. The van der Waals surface area contributed by atoms with Crippen LogP contribution in [0.25, 0.3) is 0 Å². The summed E-state index contributed by atoms with van der Waals surface area (Å²) in [6.07, 6.45) is 2.19. The van der Waals surface area contributed by atoms with Crippen LogP contribution in [0.3, 0.4) is 0 Å². The summed E-state index contributed by atoms with van der Waals surface area (Å²) >= 11 is 0. The Labute approximate surface area is 114 Å². The predicted octanol–water partition coefficient (Wildman–Crippen LogP) is 1.42. The summed E-state index contributed by atoms with van der Waals surface area (Å²) in [6, 6.07) is 9.19. The third-order valence-electron chi connectivity index (χ3n) is 3.37. The lowest BCUT2D eigenvalue weighted by Crippen LogP contribution is -2.39. The van der Waals surface area contributed by atoms with E-state index >= 15 is 0 Å². The molecule has 2 rings (SSSR count). The number of rotatable bonds is 5. The summed E-state index contributed by atoms with van der Waals surface area (Å²) in [5, 5.41) is 0. The predicted molar refractivity (Wildman–Crippen MR) is 74.1 cm³/mol. The standard InChI is InChI=1S/C15H20N2O2/c1-16(12-15(19)17-9-5-6-10-17)11-14(18)13-7-3-2-4-8-13/h2-4,7-8H,5-6,9-12H2,1H3. The Bertz CT molecular complexity index is 439. The summed E-state index contributed by atoms with van der Waals surface area (Å²) in [5.41, 5.74) is 0.697. The maximum absolute atomic E-state index is 12.0. The van der Waals surface area contributed by atoms with Gasteiger partial charge in [0.2, 0.25) is 5.91 Å². The maximum atomic E-state index is 12.0. The van der Waals surface area contributed by atoms with Crippen LogP contribution < -0.4 is 0 Å². The van der Waals surface area contributed by atoms with Gasteiger partial charge in [-0.2, -0.15) is 0 Å². The minimum Gasteiger partial charge on any atom is -0.342 e. The maximum Gasteiger partial charge on any atom is 0.236 e. The fourth-order valence-electron chi connectivity index (χ4n) is 2.31. The molecule has 1 aromatic rings. The van der Waals surface area contributed by atoms with Gasteiger partial charge in [-0.3, -0.25) is 14.5 Å². The molecule has 19 heavy (non-hydrogen) atoms. The molecule has 0 atom stereocenters. The van der Waals surface area contributed by atoms with E-state index in [1.165, 1.54) is 0 Å². The summed E-state index contributed by atoms with van der Waals surface area (Å²) < 4.78 is 0. The average molecular weight is 260 g/mol.